The fourth-order valence-electron chi connectivity index (χ4n) is 3.24. The Morgan fingerprint density at radius 3 is 3.10 bits per heavy atom. The lowest BCUT2D eigenvalue weighted by Gasteiger charge is -2.41. The summed E-state index contributed by atoms with van der Waals surface area (Å²) in [7, 11) is 0. The Hall–Kier alpha value is -1.81. The van der Waals surface area contributed by atoms with E-state index in [1.165, 1.54) is 19.2 Å². The van der Waals surface area contributed by atoms with Gasteiger partial charge in [-0.3, -0.25) is 0 Å². The predicted octanol–water partition coefficient (Wildman–Crippen LogP) is 3.30. The molecule has 1 saturated carbocycles. The van der Waals surface area contributed by atoms with Gasteiger partial charge in [0.25, 0.3) is 0 Å². The number of hydrogen-bond donors (Lipinski definition) is 1. The fourth-order valence-corrected chi connectivity index (χ4v) is 3.41. The Labute approximate surface area is 122 Å². The predicted molar refractivity (Wildman–Crippen MR) is 79.1 cm³/mol. The van der Waals surface area contributed by atoms with Crippen LogP contribution < -0.4 is 5.32 Å². The van der Waals surface area contributed by atoms with Crippen LogP contribution in [0.1, 0.15) is 12.8 Å². The molecule has 0 aliphatic heterocycles. The van der Waals surface area contributed by atoms with E-state index < -0.39 is 0 Å². The molecule has 5 heteroatoms. The Bertz CT molecular complexity index is 650. The third-order valence-electron chi connectivity index (χ3n) is 4.33. The van der Waals surface area contributed by atoms with Crippen LogP contribution in [0, 0.1) is 11.8 Å². The first-order valence-corrected chi connectivity index (χ1v) is 7.27. The molecule has 3 unspecified atom stereocenters. The number of aromatic nitrogens is 3. The first kappa shape index (κ1) is 12.0. The van der Waals surface area contributed by atoms with Crippen LogP contribution in [0.25, 0.3) is 5.69 Å². The van der Waals surface area contributed by atoms with Crippen LogP contribution >= 0.6 is 11.6 Å². The van der Waals surface area contributed by atoms with Crippen LogP contribution in [0.4, 0.5) is 5.69 Å². The van der Waals surface area contributed by atoms with Gasteiger partial charge in [-0.2, -0.15) is 5.10 Å². The molecule has 0 bridgehead atoms. The highest BCUT2D eigenvalue weighted by molar-refractivity contribution is 6.31. The standard InChI is InChI=1S/C15H15ClN4/c16-11-4-5-15(20-9-17-8-18-20)14(7-11)19-13-6-10-2-1-3-12(10)13/h1,3-5,7-10,12-13,19H,2,6H2. The summed E-state index contributed by atoms with van der Waals surface area (Å²) in [6, 6.07) is 6.31. The van der Waals surface area contributed by atoms with Crippen molar-refractivity contribution in [1.82, 2.24) is 14.8 Å². The van der Waals surface area contributed by atoms with Gasteiger partial charge in [0, 0.05) is 17.0 Å². The minimum Gasteiger partial charge on any atom is -0.380 e. The van der Waals surface area contributed by atoms with Gasteiger partial charge in [-0.05, 0) is 37.0 Å². The summed E-state index contributed by atoms with van der Waals surface area (Å²) in [5, 5.41) is 8.56. The summed E-state index contributed by atoms with van der Waals surface area (Å²) < 4.78 is 1.76. The van der Waals surface area contributed by atoms with Crippen LogP contribution in [0.3, 0.4) is 0 Å². The minimum absolute atomic E-state index is 0.500. The van der Waals surface area contributed by atoms with E-state index in [0.717, 1.165) is 22.3 Å². The van der Waals surface area contributed by atoms with Crippen molar-refractivity contribution in [1.29, 1.82) is 0 Å². The number of hydrogen-bond acceptors (Lipinski definition) is 3. The number of fused-ring (bicyclic) bond motifs is 1. The Kier molecular flexibility index (Phi) is 2.77. The molecule has 1 fully saturated rings. The molecule has 2 aliphatic carbocycles. The lowest BCUT2D eigenvalue weighted by molar-refractivity contribution is 0.218. The quantitative estimate of drug-likeness (QED) is 0.881. The molecule has 2 aromatic rings. The second-order valence-electron chi connectivity index (χ2n) is 5.49. The number of nitrogens with one attached hydrogen (secondary N) is 1. The zero-order valence-corrected chi connectivity index (χ0v) is 11.7. The second-order valence-corrected chi connectivity index (χ2v) is 5.93. The summed E-state index contributed by atoms with van der Waals surface area (Å²) in [4.78, 5) is 4.01. The highest BCUT2D eigenvalue weighted by Gasteiger charge is 2.41. The van der Waals surface area contributed by atoms with E-state index in [1.54, 1.807) is 11.0 Å². The van der Waals surface area contributed by atoms with E-state index in [1.807, 2.05) is 18.2 Å². The first-order valence-electron chi connectivity index (χ1n) is 6.89. The molecule has 0 amide bonds. The topological polar surface area (TPSA) is 42.7 Å². The summed E-state index contributed by atoms with van der Waals surface area (Å²) in [5.74, 6) is 1.50. The molecule has 0 spiro atoms. The summed E-state index contributed by atoms with van der Waals surface area (Å²) >= 11 is 6.13. The third kappa shape index (κ3) is 1.91. The van der Waals surface area contributed by atoms with Gasteiger partial charge in [-0.15, -0.1) is 0 Å². The molecule has 4 nitrogen and oxygen atoms in total. The lowest BCUT2D eigenvalue weighted by atomic mass is 9.71. The van der Waals surface area contributed by atoms with E-state index >= 15 is 0 Å². The SMILES string of the molecule is Clc1ccc(-n2cncn2)c(NC2CC3CC=CC32)c1. The average Bonchev–Trinajstić information content (AvgIpc) is 3.05. The largest absolute Gasteiger partial charge is 0.380 e. The lowest BCUT2D eigenvalue weighted by Crippen LogP contribution is -2.43. The molecule has 2 aliphatic rings. The number of rotatable bonds is 3. The van der Waals surface area contributed by atoms with Crippen molar-refractivity contribution in [3.63, 3.8) is 0 Å². The van der Waals surface area contributed by atoms with E-state index in [2.05, 4.69) is 27.6 Å². The van der Waals surface area contributed by atoms with Crippen molar-refractivity contribution < 1.29 is 0 Å². The monoisotopic (exact) mass is 286 g/mol. The molecule has 4 rings (SSSR count). The molecule has 20 heavy (non-hydrogen) atoms. The van der Waals surface area contributed by atoms with Gasteiger partial charge < -0.3 is 5.32 Å². The van der Waals surface area contributed by atoms with Gasteiger partial charge in [0.05, 0.1) is 11.4 Å². The molecular formula is C15H15ClN4. The minimum atomic E-state index is 0.500. The maximum Gasteiger partial charge on any atom is 0.138 e. The highest BCUT2D eigenvalue weighted by atomic mass is 35.5. The van der Waals surface area contributed by atoms with Crippen molar-refractivity contribution in [2.45, 2.75) is 18.9 Å². The van der Waals surface area contributed by atoms with Crippen LogP contribution in [0.15, 0.2) is 43.0 Å². The number of halogens is 1. The molecule has 1 aromatic heterocycles. The van der Waals surface area contributed by atoms with Crippen LogP contribution in [0.2, 0.25) is 5.02 Å². The molecule has 1 heterocycles. The molecule has 0 saturated heterocycles. The van der Waals surface area contributed by atoms with Gasteiger partial charge in [-0.25, -0.2) is 9.67 Å². The maximum atomic E-state index is 6.13. The van der Waals surface area contributed by atoms with Gasteiger partial charge in [0.1, 0.15) is 12.7 Å². The number of allylic oxidation sites excluding steroid dienone is 1. The molecule has 3 atom stereocenters. The molecule has 1 N–H and O–H groups in total. The van der Waals surface area contributed by atoms with E-state index in [0.29, 0.717) is 12.0 Å². The average molecular weight is 287 g/mol. The smallest absolute Gasteiger partial charge is 0.138 e. The fraction of sp³-hybridized carbons (Fsp3) is 0.333. The van der Waals surface area contributed by atoms with E-state index in [-0.39, 0.29) is 0 Å². The van der Waals surface area contributed by atoms with Crippen LogP contribution in [0.5, 0.6) is 0 Å². The van der Waals surface area contributed by atoms with E-state index in [9.17, 15) is 0 Å². The molecule has 0 radical (unpaired) electrons. The molecule has 102 valence electrons. The zero-order valence-electron chi connectivity index (χ0n) is 10.9. The van der Waals surface area contributed by atoms with Crippen LogP contribution in [-0.2, 0) is 0 Å². The Balaban J connectivity index is 1.63. The number of benzene rings is 1. The first-order chi connectivity index (χ1) is 9.81. The summed E-state index contributed by atoms with van der Waals surface area (Å²) in [6.07, 6.45) is 10.3. The number of anilines is 1. The Morgan fingerprint density at radius 1 is 1.35 bits per heavy atom. The van der Waals surface area contributed by atoms with Crippen molar-refractivity contribution in [2.75, 3.05) is 5.32 Å². The van der Waals surface area contributed by atoms with E-state index in [4.69, 9.17) is 11.6 Å². The molecule has 1 aromatic carbocycles. The maximum absolute atomic E-state index is 6.13. The normalized spacial score (nSPS) is 27.1. The third-order valence-corrected chi connectivity index (χ3v) is 4.56. The summed E-state index contributed by atoms with van der Waals surface area (Å²) in [6.45, 7) is 0. The van der Waals surface area contributed by atoms with Crippen molar-refractivity contribution in [2.24, 2.45) is 11.8 Å². The highest BCUT2D eigenvalue weighted by Crippen LogP contribution is 2.44. The van der Waals surface area contributed by atoms with Gasteiger partial charge >= 0.3 is 0 Å². The molecular weight excluding hydrogens is 272 g/mol. The van der Waals surface area contributed by atoms with Gasteiger partial charge in [0.15, 0.2) is 0 Å². The second kappa shape index (κ2) is 4.63. The Morgan fingerprint density at radius 2 is 2.30 bits per heavy atom. The van der Waals surface area contributed by atoms with Crippen molar-refractivity contribution >= 4 is 17.3 Å². The number of nitrogens with zero attached hydrogens (tertiary/aromatic N) is 3. The summed E-state index contributed by atoms with van der Waals surface area (Å²) in [5.41, 5.74) is 2.00. The van der Waals surface area contributed by atoms with Gasteiger partial charge in [-0.1, -0.05) is 23.8 Å². The van der Waals surface area contributed by atoms with Crippen molar-refractivity contribution in [3.05, 3.63) is 48.0 Å². The van der Waals surface area contributed by atoms with Crippen LogP contribution in [-0.4, -0.2) is 20.8 Å². The zero-order chi connectivity index (χ0) is 13.5. The van der Waals surface area contributed by atoms with Crippen molar-refractivity contribution in [3.8, 4) is 5.69 Å². The van der Waals surface area contributed by atoms with Gasteiger partial charge in [0.2, 0.25) is 0 Å².